The molecule has 4 rings (SSSR count). The molecule has 3 heterocycles. The van der Waals surface area contributed by atoms with Gasteiger partial charge in [-0.2, -0.15) is 0 Å². The van der Waals surface area contributed by atoms with Crippen LogP contribution in [0.4, 0.5) is 0 Å². The third-order valence-electron chi connectivity index (χ3n) is 6.93. The Bertz CT molecular complexity index is 735. The highest BCUT2D eigenvalue weighted by atomic mass is 127. The molecule has 3 saturated heterocycles. The molecule has 7 nitrogen and oxygen atoms in total. The number of hydrogen-bond donors (Lipinski definition) is 1. The Hall–Kier alpha value is -0.940. The summed E-state index contributed by atoms with van der Waals surface area (Å²) in [4.78, 5) is 12.5. The molecule has 186 valence electrons. The number of guanidine groups is 1. The van der Waals surface area contributed by atoms with E-state index in [1.807, 2.05) is 0 Å². The number of piperazine rings is 1. The van der Waals surface area contributed by atoms with Crippen molar-refractivity contribution in [3.8, 4) is 0 Å². The second-order valence-electron chi connectivity index (χ2n) is 9.06. The summed E-state index contributed by atoms with van der Waals surface area (Å²) in [6.07, 6.45) is 2.62. The van der Waals surface area contributed by atoms with Gasteiger partial charge in [-0.3, -0.25) is 4.90 Å². The summed E-state index contributed by atoms with van der Waals surface area (Å²) >= 11 is 0. The summed E-state index contributed by atoms with van der Waals surface area (Å²) in [7, 11) is 0. The highest BCUT2D eigenvalue weighted by molar-refractivity contribution is 14.0. The molecule has 1 aromatic carbocycles. The second kappa shape index (κ2) is 13.8. The highest BCUT2D eigenvalue weighted by Gasteiger charge is 2.32. The standard InChI is InChI=1S/C25H41N5O2.HI/c1-3-26-25(30-15-17-32-24(20-30)23-10-7-16-31-23)27-18-21-8-5-6-9-22(21)19-29-13-11-28(4-2)12-14-29;/h5-6,8-9,23-24H,3-4,7,10-20H2,1-2H3,(H,26,27);1H. The lowest BCUT2D eigenvalue weighted by molar-refractivity contribution is -0.0817. The van der Waals surface area contributed by atoms with Gasteiger partial charge in [0.1, 0.15) is 6.10 Å². The number of halogens is 1. The predicted molar refractivity (Wildman–Crippen MR) is 144 cm³/mol. The normalized spacial score (nSPS) is 25.2. The molecular formula is C25H42IN5O2. The van der Waals surface area contributed by atoms with Gasteiger partial charge in [0.2, 0.25) is 0 Å². The number of hydrogen-bond acceptors (Lipinski definition) is 5. The molecule has 0 amide bonds. The number of likely N-dealkylation sites (N-methyl/N-ethyl adjacent to an activating group) is 1. The molecule has 3 fully saturated rings. The molecular weight excluding hydrogens is 529 g/mol. The molecule has 0 radical (unpaired) electrons. The van der Waals surface area contributed by atoms with Gasteiger partial charge in [0.25, 0.3) is 0 Å². The molecule has 0 spiro atoms. The van der Waals surface area contributed by atoms with E-state index < -0.39 is 0 Å². The summed E-state index contributed by atoms with van der Waals surface area (Å²) in [5, 5.41) is 3.51. The van der Waals surface area contributed by atoms with Gasteiger partial charge in [-0.1, -0.05) is 31.2 Å². The minimum atomic E-state index is 0. The lowest BCUT2D eigenvalue weighted by Crippen LogP contribution is -2.53. The maximum Gasteiger partial charge on any atom is 0.194 e. The van der Waals surface area contributed by atoms with Crippen molar-refractivity contribution in [2.45, 2.75) is 52.0 Å². The van der Waals surface area contributed by atoms with Crippen LogP contribution in [0, 0.1) is 0 Å². The van der Waals surface area contributed by atoms with E-state index in [0.29, 0.717) is 6.54 Å². The number of benzene rings is 1. The van der Waals surface area contributed by atoms with E-state index in [2.05, 4.69) is 58.1 Å². The van der Waals surface area contributed by atoms with Crippen molar-refractivity contribution in [1.29, 1.82) is 0 Å². The van der Waals surface area contributed by atoms with Crippen LogP contribution in [0.25, 0.3) is 0 Å². The molecule has 1 N–H and O–H groups in total. The van der Waals surface area contributed by atoms with Crippen LogP contribution in [0.2, 0.25) is 0 Å². The van der Waals surface area contributed by atoms with Crippen LogP contribution in [0.15, 0.2) is 29.3 Å². The zero-order valence-electron chi connectivity index (χ0n) is 20.4. The zero-order valence-corrected chi connectivity index (χ0v) is 22.7. The first-order valence-electron chi connectivity index (χ1n) is 12.5. The lowest BCUT2D eigenvalue weighted by atomic mass is 10.1. The van der Waals surface area contributed by atoms with Crippen molar-refractivity contribution in [3.05, 3.63) is 35.4 Å². The van der Waals surface area contributed by atoms with Crippen molar-refractivity contribution in [2.24, 2.45) is 4.99 Å². The predicted octanol–water partition coefficient (Wildman–Crippen LogP) is 2.79. The van der Waals surface area contributed by atoms with Crippen LogP contribution >= 0.6 is 24.0 Å². The summed E-state index contributed by atoms with van der Waals surface area (Å²) < 4.78 is 11.9. The summed E-state index contributed by atoms with van der Waals surface area (Å²) in [5.74, 6) is 0.991. The van der Waals surface area contributed by atoms with E-state index >= 15 is 0 Å². The Kier molecular flexibility index (Phi) is 11.2. The SMILES string of the molecule is CCNC(=NCc1ccccc1CN1CCN(CC)CC1)N1CCOC(C2CCCO2)C1.I. The van der Waals surface area contributed by atoms with Crippen LogP contribution in [0.1, 0.15) is 37.8 Å². The molecule has 2 atom stereocenters. The number of ether oxygens (including phenoxy) is 2. The molecule has 0 bridgehead atoms. The van der Waals surface area contributed by atoms with Gasteiger partial charge in [-0.05, 0) is 37.4 Å². The summed E-state index contributed by atoms with van der Waals surface area (Å²) in [6.45, 7) is 16.1. The summed E-state index contributed by atoms with van der Waals surface area (Å²) in [5.41, 5.74) is 2.72. The highest BCUT2D eigenvalue weighted by Crippen LogP contribution is 2.21. The van der Waals surface area contributed by atoms with Crippen LogP contribution in [0.5, 0.6) is 0 Å². The minimum Gasteiger partial charge on any atom is -0.375 e. The number of rotatable bonds is 7. The van der Waals surface area contributed by atoms with E-state index in [4.69, 9.17) is 14.5 Å². The van der Waals surface area contributed by atoms with Crippen molar-refractivity contribution < 1.29 is 9.47 Å². The first-order valence-corrected chi connectivity index (χ1v) is 12.5. The molecule has 0 saturated carbocycles. The van der Waals surface area contributed by atoms with Gasteiger partial charge in [-0.15, -0.1) is 24.0 Å². The summed E-state index contributed by atoms with van der Waals surface area (Å²) in [6, 6.07) is 8.80. The number of morpholine rings is 1. The van der Waals surface area contributed by atoms with Gasteiger partial charge >= 0.3 is 0 Å². The Morgan fingerprint density at radius 2 is 1.70 bits per heavy atom. The Labute approximate surface area is 216 Å². The van der Waals surface area contributed by atoms with E-state index in [1.54, 1.807) is 0 Å². The zero-order chi connectivity index (χ0) is 22.2. The third-order valence-corrected chi connectivity index (χ3v) is 6.93. The molecule has 3 aliphatic rings. The Morgan fingerprint density at radius 1 is 0.970 bits per heavy atom. The van der Waals surface area contributed by atoms with Crippen LogP contribution in [-0.4, -0.2) is 98.4 Å². The first kappa shape index (κ1) is 26.7. The van der Waals surface area contributed by atoms with Crippen LogP contribution < -0.4 is 5.32 Å². The minimum absolute atomic E-state index is 0. The Morgan fingerprint density at radius 3 is 2.39 bits per heavy atom. The fourth-order valence-corrected chi connectivity index (χ4v) is 4.94. The van der Waals surface area contributed by atoms with E-state index in [-0.39, 0.29) is 36.2 Å². The van der Waals surface area contributed by atoms with Crippen molar-refractivity contribution in [2.75, 3.05) is 65.6 Å². The van der Waals surface area contributed by atoms with Crippen molar-refractivity contribution >= 4 is 29.9 Å². The van der Waals surface area contributed by atoms with Gasteiger partial charge in [0.05, 0.1) is 19.3 Å². The van der Waals surface area contributed by atoms with Crippen LogP contribution in [-0.2, 0) is 22.6 Å². The average Bonchev–Trinajstić information content (AvgIpc) is 3.38. The fraction of sp³-hybridized carbons (Fsp3) is 0.720. The van der Waals surface area contributed by atoms with Crippen molar-refractivity contribution in [1.82, 2.24) is 20.0 Å². The number of aliphatic imine (C=N–C) groups is 1. The number of nitrogens with one attached hydrogen (secondary N) is 1. The quantitative estimate of drug-likeness (QED) is 0.309. The Balaban J connectivity index is 0.00000306. The largest absolute Gasteiger partial charge is 0.375 e. The monoisotopic (exact) mass is 571 g/mol. The van der Waals surface area contributed by atoms with Gasteiger partial charge in [0, 0.05) is 59.0 Å². The lowest BCUT2D eigenvalue weighted by Gasteiger charge is -2.37. The molecule has 3 aliphatic heterocycles. The third kappa shape index (κ3) is 7.52. The fourth-order valence-electron chi connectivity index (χ4n) is 4.94. The molecule has 8 heteroatoms. The van der Waals surface area contributed by atoms with Gasteiger partial charge < -0.3 is 24.6 Å². The van der Waals surface area contributed by atoms with Gasteiger partial charge in [0.15, 0.2) is 5.96 Å². The molecule has 0 aliphatic carbocycles. The van der Waals surface area contributed by atoms with E-state index in [1.165, 1.54) is 24.2 Å². The van der Waals surface area contributed by atoms with Gasteiger partial charge in [-0.25, -0.2) is 4.99 Å². The first-order chi connectivity index (χ1) is 15.8. The average molecular weight is 572 g/mol. The smallest absolute Gasteiger partial charge is 0.194 e. The molecule has 1 aromatic rings. The second-order valence-corrected chi connectivity index (χ2v) is 9.06. The maximum absolute atomic E-state index is 6.04. The molecule has 2 unspecified atom stereocenters. The maximum atomic E-state index is 6.04. The van der Waals surface area contributed by atoms with Crippen molar-refractivity contribution in [3.63, 3.8) is 0 Å². The van der Waals surface area contributed by atoms with Crippen LogP contribution in [0.3, 0.4) is 0 Å². The molecule has 33 heavy (non-hydrogen) atoms. The van der Waals surface area contributed by atoms with E-state index in [0.717, 1.165) is 77.8 Å². The number of nitrogens with zero attached hydrogens (tertiary/aromatic N) is 4. The topological polar surface area (TPSA) is 52.6 Å². The molecule has 0 aromatic heterocycles. The van der Waals surface area contributed by atoms with E-state index in [9.17, 15) is 0 Å².